The van der Waals surface area contributed by atoms with Crippen LogP contribution in [0.4, 0.5) is 11.4 Å². The number of thiophene rings is 1. The van der Waals surface area contributed by atoms with E-state index in [1.54, 1.807) is 11.9 Å². The van der Waals surface area contributed by atoms with Crippen LogP contribution < -0.4 is 15.2 Å². The summed E-state index contributed by atoms with van der Waals surface area (Å²) in [5.74, 6) is 0.260. The first-order chi connectivity index (χ1) is 12.6. The second-order valence-corrected chi connectivity index (χ2v) is 6.59. The second kappa shape index (κ2) is 5.41. The van der Waals surface area contributed by atoms with Gasteiger partial charge in [0.1, 0.15) is 10.5 Å². The van der Waals surface area contributed by atoms with Crippen LogP contribution in [-0.4, -0.2) is 42.9 Å². The van der Waals surface area contributed by atoms with Crippen molar-refractivity contribution in [2.24, 2.45) is 4.99 Å². The highest BCUT2D eigenvalue weighted by atomic mass is 32.1. The number of aryl methyl sites for hydroxylation is 1. The molecule has 0 saturated carbocycles. The summed E-state index contributed by atoms with van der Waals surface area (Å²) in [6, 6.07) is 7.64. The van der Waals surface area contributed by atoms with E-state index in [1.165, 1.54) is 11.3 Å². The van der Waals surface area contributed by atoms with E-state index >= 15 is 0 Å². The Kier molecular flexibility index (Phi) is 2.29. The molecule has 0 amide bonds. The van der Waals surface area contributed by atoms with Crippen molar-refractivity contribution < 1.29 is 6.85 Å². The van der Waals surface area contributed by atoms with Crippen LogP contribution in [0.25, 0.3) is 5.82 Å². The number of piperazine rings is 1. The summed E-state index contributed by atoms with van der Waals surface area (Å²) in [4.78, 5) is 8.23. The van der Waals surface area contributed by atoms with E-state index in [4.69, 9.17) is 6.85 Å². The Morgan fingerprint density at radius 2 is 2.09 bits per heavy atom. The van der Waals surface area contributed by atoms with Crippen LogP contribution in [0.5, 0.6) is 0 Å². The number of nitrogens with zero attached hydrogens (tertiary/aromatic N) is 3. The summed E-state index contributed by atoms with van der Waals surface area (Å²) in [7, 11) is 1.71. The van der Waals surface area contributed by atoms with Crippen molar-refractivity contribution in [3.8, 4) is 0 Å². The Balaban J connectivity index is 2.05. The summed E-state index contributed by atoms with van der Waals surface area (Å²) < 4.78 is 43.3. The van der Waals surface area contributed by atoms with Gasteiger partial charge < -0.3 is 15.1 Å². The minimum absolute atomic E-state index is 0.0578. The van der Waals surface area contributed by atoms with E-state index in [9.17, 15) is 0 Å². The van der Waals surface area contributed by atoms with E-state index < -0.39 is 13.0 Å². The third-order valence-electron chi connectivity index (χ3n) is 3.60. The molecular weight excluding hydrogens is 292 g/mol. The largest absolute Gasteiger partial charge is 0.355 e. The minimum atomic E-state index is -1.96. The number of benzene rings is 1. The van der Waals surface area contributed by atoms with E-state index in [2.05, 4.69) is 10.3 Å². The lowest BCUT2D eigenvalue weighted by atomic mass is 10.2. The Hall–Kier alpha value is -1.85. The molecule has 0 spiro atoms. The molecule has 114 valence electrons. The van der Waals surface area contributed by atoms with Crippen molar-refractivity contribution in [1.29, 1.82) is 0 Å². The Morgan fingerprint density at radius 1 is 1.32 bits per heavy atom. The maximum atomic E-state index is 8.54. The lowest BCUT2D eigenvalue weighted by Crippen LogP contribution is -2.47. The maximum Gasteiger partial charge on any atom is 0.127 e. The van der Waals surface area contributed by atoms with Gasteiger partial charge in [0.15, 0.2) is 0 Å². The Bertz CT molecular complexity index is 1010. The van der Waals surface area contributed by atoms with Crippen LogP contribution in [0.15, 0.2) is 35.3 Å². The lowest BCUT2D eigenvalue weighted by molar-refractivity contribution is 0.206. The van der Waals surface area contributed by atoms with Crippen LogP contribution in [0.2, 0.25) is 0 Å². The topological polar surface area (TPSA) is 30.9 Å². The van der Waals surface area contributed by atoms with Crippen molar-refractivity contribution in [2.75, 3.05) is 38.4 Å². The molecule has 0 aliphatic carbocycles. The molecule has 1 aromatic heterocycles. The molecule has 0 unspecified atom stereocenters. The zero-order valence-corrected chi connectivity index (χ0v) is 13.3. The average molecular weight is 317 g/mol. The molecule has 4 rings (SSSR count). The van der Waals surface area contributed by atoms with Crippen molar-refractivity contribution in [1.82, 2.24) is 9.80 Å². The quantitative estimate of drug-likeness (QED) is 0.869. The van der Waals surface area contributed by atoms with E-state index in [0.29, 0.717) is 21.3 Å². The number of nitrogens with one attached hydrogen (secondary N) is 1. The third kappa shape index (κ3) is 2.40. The van der Waals surface area contributed by atoms with Crippen LogP contribution in [-0.2, 0) is 0 Å². The van der Waals surface area contributed by atoms with E-state index in [0.717, 1.165) is 9.78 Å². The van der Waals surface area contributed by atoms with Gasteiger partial charge in [0.05, 0.1) is 23.4 Å². The Labute approximate surface area is 141 Å². The van der Waals surface area contributed by atoms with Crippen LogP contribution in [0.3, 0.4) is 0 Å². The monoisotopic (exact) mass is 317 g/mol. The molecule has 1 fully saturated rings. The zero-order valence-electron chi connectivity index (χ0n) is 17.5. The number of hydrogen-bond acceptors (Lipinski definition) is 5. The molecule has 0 atom stereocenters. The summed E-state index contributed by atoms with van der Waals surface area (Å²) >= 11 is 1.37. The van der Waals surface area contributed by atoms with Gasteiger partial charge in [-0.2, -0.15) is 0 Å². The van der Waals surface area contributed by atoms with Gasteiger partial charge in [0.2, 0.25) is 0 Å². The van der Waals surface area contributed by atoms with E-state index in [-0.39, 0.29) is 25.0 Å². The summed E-state index contributed by atoms with van der Waals surface area (Å²) in [6.45, 7) is -1.98. The molecule has 3 heterocycles. The SMILES string of the molecule is [2H]c1c(C)sc2c1=C(N1C([2H])([2H])CN(C)CC1([2H])[2H])Nc1ccccc1N=2. The van der Waals surface area contributed by atoms with Gasteiger partial charge in [-0.3, -0.25) is 0 Å². The lowest BCUT2D eigenvalue weighted by Gasteiger charge is -2.35. The van der Waals surface area contributed by atoms with Crippen LogP contribution in [0.1, 0.15) is 11.7 Å². The average Bonchev–Trinajstić information content (AvgIpc) is 2.71. The number of fused-ring (bicyclic) bond motifs is 2. The highest BCUT2D eigenvalue weighted by Crippen LogP contribution is 2.27. The number of hydrogen-bond donors (Lipinski definition) is 1. The zero-order chi connectivity index (χ0) is 19.6. The van der Waals surface area contributed by atoms with Gasteiger partial charge in [0.25, 0.3) is 0 Å². The first kappa shape index (κ1) is 9.33. The summed E-state index contributed by atoms with van der Waals surface area (Å²) in [5, 5.41) is 3.65. The van der Waals surface area contributed by atoms with Crippen molar-refractivity contribution in [2.45, 2.75) is 6.92 Å². The normalized spacial score (nSPS) is 26.0. The standard InChI is InChI=1S/C17H20N4S/c1-12-11-13-16(21-9-7-20(2)8-10-21)18-14-5-3-4-6-15(14)19-17(13)22-12/h3-6,11,18H,7-10H2,1-2H3/i9D2,10D2,11D. The fraction of sp³-hybridized carbons (Fsp3) is 0.353. The molecule has 2 aromatic rings. The van der Waals surface area contributed by atoms with Crippen LogP contribution >= 0.6 is 11.3 Å². The molecule has 2 aliphatic heterocycles. The Morgan fingerprint density at radius 3 is 2.91 bits per heavy atom. The number of para-hydroxylation sites is 2. The highest BCUT2D eigenvalue weighted by molar-refractivity contribution is 7.09. The molecule has 22 heavy (non-hydrogen) atoms. The van der Waals surface area contributed by atoms with Gasteiger partial charge in [0, 0.05) is 31.0 Å². The molecule has 5 heteroatoms. The van der Waals surface area contributed by atoms with Gasteiger partial charge in [-0.25, -0.2) is 4.99 Å². The predicted octanol–water partition coefficient (Wildman–Crippen LogP) is 1.75. The summed E-state index contributed by atoms with van der Waals surface area (Å²) in [5.41, 5.74) is 1.35. The van der Waals surface area contributed by atoms with Crippen molar-refractivity contribution >= 4 is 28.5 Å². The first-order valence-corrected chi connectivity index (χ1v) is 7.96. The smallest absolute Gasteiger partial charge is 0.127 e. The number of anilines is 1. The van der Waals surface area contributed by atoms with E-state index in [1.807, 2.05) is 31.2 Å². The molecule has 1 aromatic carbocycles. The van der Waals surface area contributed by atoms with Crippen molar-refractivity contribution in [3.05, 3.63) is 45.1 Å². The highest BCUT2D eigenvalue weighted by Gasteiger charge is 2.20. The maximum absolute atomic E-state index is 8.54. The fourth-order valence-corrected chi connectivity index (χ4v) is 3.32. The van der Waals surface area contributed by atoms with Gasteiger partial charge >= 0.3 is 0 Å². The number of likely N-dealkylation sites (N-methyl/N-ethyl adjacent to an activating group) is 1. The fourth-order valence-electron chi connectivity index (χ4n) is 2.49. The third-order valence-corrected chi connectivity index (χ3v) is 4.50. The second-order valence-electron chi connectivity index (χ2n) is 5.39. The molecule has 1 saturated heterocycles. The predicted molar refractivity (Wildman–Crippen MR) is 92.0 cm³/mol. The van der Waals surface area contributed by atoms with Gasteiger partial charge in [-0.15, -0.1) is 11.3 Å². The minimum Gasteiger partial charge on any atom is -0.355 e. The van der Waals surface area contributed by atoms with Gasteiger partial charge in [-0.1, -0.05) is 12.1 Å². The molecule has 4 nitrogen and oxygen atoms in total. The van der Waals surface area contributed by atoms with Crippen LogP contribution in [0, 0.1) is 6.92 Å². The molecule has 0 radical (unpaired) electrons. The first-order valence-electron chi connectivity index (χ1n) is 9.64. The molecular formula is C17H20N4S. The molecule has 2 aliphatic rings. The van der Waals surface area contributed by atoms with Gasteiger partial charge in [-0.05, 0) is 32.1 Å². The van der Waals surface area contributed by atoms with Crippen molar-refractivity contribution in [3.63, 3.8) is 0 Å². The number of rotatable bonds is 1. The molecule has 0 bridgehead atoms. The summed E-state index contributed by atoms with van der Waals surface area (Å²) in [6.07, 6.45) is 0. The molecule has 1 N–H and O–H groups in total.